The summed E-state index contributed by atoms with van der Waals surface area (Å²) in [4.78, 5) is 22.5. The van der Waals surface area contributed by atoms with Crippen molar-refractivity contribution in [2.45, 2.75) is 51.6 Å². The highest BCUT2D eigenvalue weighted by Crippen LogP contribution is 2.09. The summed E-state index contributed by atoms with van der Waals surface area (Å²) < 4.78 is 0. The maximum Gasteiger partial charge on any atom is 0.326 e. The summed E-state index contributed by atoms with van der Waals surface area (Å²) in [5, 5.41) is 20.0. The Balaban J connectivity index is 4.08. The summed E-state index contributed by atoms with van der Waals surface area (Å²) in [5.74, 6) is -1.66. The summed E-state index contributed by atoms with van der Waals surface area (Å²) in [6, 6.07) is -0.903. The molecule has 0 bridgehead atoms. The largest absolute Gasteiger partial charge is 0.480 e. The average Bonchev–Trinajstić information content (AvgIpc) is 2.27. The third-order valence-corrected chi connectivity index (χ3v) is 2.78. The van der Waals surface area contributed by atoms with E-state index in [4.69, 9.17) is 15.9 Å². The molecular formula is C12H24N2O4. The van der Waals surface area contributed by atoms with Crippen LogP contribution in [-0.4, -0.2) is 40.8 Å². The van der Waals surface area contributed by atoms with Gasteiger partial charge in [0.15, 0.2) is 0 Å². The van der Waals surface area contributed by atoms with Gasteiger partial charge in [0.25, 0.3) is 0 Å². The molecule has 5 N–H and O–H groups in total. The lowest BCUT2D eigenvalue weighted by molar-refractivity contribution is -0.142. The van der Waals surface area contributed by atoms with Gasteiger partial charge in [-0.05, 0) is 19.8 Å². The molecule has 6 heteroatoms. The number of carbonyl (C=O) groups excluding carboxylic acids is 1. The predicted molar refractivity (Wildman–Crippen MR) is 67.9 cm³/mol. The molecule has 0 spiro atoms. The zero-order valence-electron chi connectivity index (χ0n) is 11.1. The minimum Gasteiger partial charge on any atom is -0.480 e. The van der Waals surface area contributed by atoms with Crippen molar-refractivity contribution in [1.29, 1.82) is 0 Å². The van der Waals surface area contributed by atoms with E-state index in [9.17, 15) is 9.59 Å². The predicted octanol–water partition coefficient (Wildman–Crippen LogP) is 0.0918. The van der Waals surface area contributed by atoms with Gasteiger partial charge < -0.3 is 21.3 Å². The van der Waals surface area contributed by atoms with Gasteiger partial charge in [-0.15, -0.1) is 0 Å². The number of carboxylic acid groups (broad SMARTS) is 1. The minimum absolute atomic E-state index is 0.0215. The van der Waals surface area contributed by atoms with Gasteiger partial charge in [-0.25, -0.2) is 4.79 Å². The highest BCUT2D eigenvalue weighted by atomic mass is 16.4. The minimum atomic E-state index is -1.12. The highest BCUT2D eigenvalue weighted by Gasteiger charge is 2.22. The molecule has 0 aromatic carbocycles. The van der Waals surface area contributed by atoms with Gasteiger partial charge in [-0.2, -0.15) is 0 Å². The maximum absolute atomic E-state index is 11.7. The molecule has 0 rings (SSSR count). The first-order valence-electron chi connectivity index (χ1n) is 6.28. The number of hydrogen-bond acceptors (Lipinski definition) is 4. The Morgan fingerprint density at radius 1 is 1.22 bits per heavy atom. The summed E-state index contributed by atoms with van der Waals surface area (Å²) in [6.45, 7) is 3.40. The van der Waals surface area contributed by atoms with Crippen LogP contribution in [0.2, 0.25) is 0 Å². The lowest BCUT2D eigenvalue weighted by Crippen LogP contribution is -2.43. The Labute approximate surface area is 108 Å². The molecule has 6 nitrogen and oxygen atoms in total. The molecule has 0 radical (unpaired) electrons. The number of carboxylic acids is 1. The molecule has 0 fully saturated rings. The normalized spacial score (nSPS) is 15.8. The van der Waals surface area contributed by atoms with Crippen LogP contribution >= 0.6 is 0 Å². The average molecular weight is 260 g/mol. The van der Waals surface area contributed by atoms with Crippen molar-refractivity contribution >= 4 is 11.9 Å². The first-order valence-corrected chi connectivity index (χ1v) is 6.28. The van der Waals surface area contributed by atoms with Crippen molar-refractivity contribution in [3.63, 3.8) is 0 Å². The number of rotatable bonds is 9. The van der Waals surface area contributed by atoms with Crippen LogP contribution in [0.15, 0.2) is 0 Å². The molecule has 0 saturated carbocycles. The fourth-order valence-electron chi connectivity index (χ4n) is 1.58. The number of hydrogen-bond donors (Lipinski definition) is 4. The van der Waals surface area contributed by atoms with Crippen LogP contribution in [0.25, 0.3) is 0 Å². The van der Waals surface area contributed by atoms with Crippen LogP contribution in [0.4, 0.5) is 0 Å². The molecule has 0 aromatic heterocycles. The van der Waals surface area contributed by atoms with Crippen molar-refractivity contribution < 1.29 is 19.8 Å². The van der Waals surface area contributed by atoms with Crippen LogP contribution in [0.5, 0.6) is 0 Å². The van der Waals surface area contributed by atoms with Gasteiger partial charge in [0.05, 0.1) is 0 Å². The second-order valence-electron chi connectivity index (χ2n) is 4.72. The molecule has 1 amide bonds. The topological polar surface area (TPSA) is 113 Å². The molecule has 0 aliphatic heterocycles. The zero-order valence-corrected chi connectivity index (χ0v) is 11.1. The second-order valence-corrected chi connectivity index (χ2v) is 4.72. The van der Waals surface area contributed by atoms with Crippen molar-refractivity contribution in [3.8, 4) is 0 Å². The van der Waals surface area contributed by atoms with Crippen LogP contribution in [0.3, 0.4) is 0 Å². The summed E-state index contributed by atoms with van der Waals surface area (Å²) >= 11 is 0. The standard InChI is InChI=1S/C12H24N2O4/c1-8(4-3-5-9(2)13)11(16)14-10(6-7-15)12(17)18/h8-10,15H,3-7,13H2,1-2H3,(H,14,16)(H,17,18)/t8?,9?,10-/m1/s1. The smallest absolute Gasteiger partial charge is 0.326 e. The Morgan fingerprint density at radius 3 is 2.28 bits per heavy atom. The van der Waals surface area contributed by atoms with Crippen molar-refractivity contribution in [2.24, 2.45) is 11.7 Å². The first kappa shape index (κ1) is 16.9. The number of aliphatic hydroxyl groups is 1. The van der Waals surface area contributed by atoms with Gasteiger partial charge in [-0.3, -0.25) is 4.79 Å². The fraction of sp³-hybridized carbons (Fsp3) is 0.833. The molecule has 3 atom stereocenters. The Kier molecular flexibility index (Phi) is 8.32. The fourth-order valence-corrected chi connectivity index (χ4v) is 1.58. The SMILES string of the molecule is CC(N)CCCC(C)C(=O)N[C@H](CCO)C(=O)O. The van der Waals surface area contributed by atoms with E-state index in [0.717, 1.165) is 12.8 Å². The van der Waals surface area contributed by atoms with E-state index in [1.165, 1.54) is 0 Å². The van der Waals surface area contributed by atoms with E-state index < -0.39 is 12.0 Å². The molecule has 18 heavy (non-hydrogen) atoms. The molecule has 0 aromatic rings. The van der Waals surface area contributed by atoms with Gasteiger partial charge in [0.2, 0.25) is 5.91 Å². The maximum atomic E-state index is 11.7. The molecule has 0 saturated heterocycles. The lowest BCUT2D eigenvalue weighted by Gasteiger charge is -2.17. The molecule has 106 valence electrons. The Morgan fingerprint density at radius 2 is 1.83 bits per heavy atom. The number of nitrogens with one attached hydrogen (secondary N) is 1. The number of carbonyl (C=O) groups is 2. The van der Waals surface area contributed by atoms with E-state index in [1.54, 1.807) is 6.92 Å². The lowest BCUT2D eigenvalue weighted by atomic mass is 10.0. The van der Waals surface area contributed by atoms with Crippen molar-refractivity contribution in [1.82, 2.24) is 5.32 Å². The Hall–Kier alpha value is -1.14. The van der Waals surface area contributed by atoms with E-state index in [1.807, 2.05) is 6.92 Å². The Bertz CT molecular complexity index is 269. The van der Waals surface area contributed by atoms with E-state index >= 15 is 0 Å². The molecule has 0 aliphatic rings. The molecule has 0 aliphatic carbocycles. The zero-order chi connectivity index (χ0) is 14.1. The number of aliphatic carboxylic acids is 1. The summed E-state index contributed by atoms with van der Waals surface area (Å²) in [6.07, 6.45) is 2.38. The molecule has 2 unspecified atom stereocenters. The summed E-state index contributed by atoms with van der Waals surface area (Å²) in [5.41, 5.74) is 5.61. The first-order chi connectivity index (χ1) is 8.38. The van der Waals surface area contributed by atoms with Gasteiger partial charge in [0.1, 0.15) is 6.04 Å². The van der Waals surface area contributed by atoms with Crippen LogP contribution < -0.4 is 11.1 Å². The third kappa shape index (κ3) is 7.24. The van der Waals surface area contributed by atoms with Crippen LogP contribution in [0.1, 0.15) is 39.5 Å². The van der Waals surface area contributed by atoms with E-state index in [-0.39, 0.29) is 30.9 Å². The van der Waals surface area contributed by atoms with E-state index in [0.29, 0.717) is 6.42 Å². The van der Waals surface area contributed by atoms with Crippen molar-refractivity contribution in [2.75, 3.05) is 6.61 Å². The van der Waals surface area contributed by atoms with Crippen molar-refractivity contribution in [3.05, 3.63) is 0 Å². The number of aliphatic hydroxyl groups excluding tert-OH is 1. The quantitative estimate of drug-likeness (QED) is 0.469. The van der Waals surface area contributed by atoms with Gasteiger partial charge in [-0.1, -0.05) is 13.3 Å². The monoisotopic (exact) mass is 260 g/mol. The van der Waals surface area contributed by atoms with Gasteiger partial charge >= 0.3 is 5.97 Å². The van der Waals surface area contributed by atoms with Crippen LogP contribution in [-0.2, 0) is 9.59 Å². The highest BCUT2D eigenvalue weighted by molar-refractivity contribution is 5.84. The third-order valence-electron chi connectivity index (χ3n) is 2.78. The number of amides is 1. The summed E-state index contributed by atoms with van der Waals surface area (Å²) in [7, 11) is 0. The number of nitrogens with two attached hydrogens (primary N) is 1. The van der Waals surface area contributed by atoms with E-state index in [2.05, 4.69) is 5.32 Å². The van der Waals surface area contributed by atoms with Crippen LogP contribution in [0, 0.1) is 5.92 Å². The molecular weight excluding hydrogens is 236 g/mol. The van der Waals surface area contributed by atoms with Gasteiger partial charge in [0, 0.05) is 25.0 Å². The second kappa shape index (κ2) is 8.88. The molecule has 0 heterocycles.